The van der Waals surface area contributed by atoms with Crippen LogP contribution in [0.25, 0.3) is 0 Å². The molecule has 0 heterocycles. The molecule has 1 rings (SSSR count). The van der Waals surface area contributed by atoms with Crippen molar-refractivity contribution in [2.24, 2.45) is 0 Å². The van der Waals surface area contributed by atoms with Gasteiger partial charge in [0.1, 0.15) is 0 Å². The van der Waals surface area contributed by atoms with Crippen LogP contribution in [0.2, 0.25) is 0 Å². The first kappa shape index (κ1) is 8.89. The summed E-state index contributed by atoms with van der Waals surface area (Å²) in [6.45, 7) is 3.61. The molecule has 0 amide bonds. The van der Waals surface area contributed by atoms with Crippen LogP contribution >= 0.6 is 11.8 Å². The van der Waals surface area contributed by atoms with Gasteiger partial charge in [-0.2, -0.15) is 5.26 Å². The largest absolute Gasteiger partial charge is 0.193 e. The number of rotatable bonds is 3. The van der Waals surface area contributed by atoms with Crippen LogP contribution in [0.3, 0.4) is 0 Å². The third kappa shape index (κ3) is 2.81. The lowest BCUT2D eigenvalue weighted by molar-refractivity contribution is 1.43. The van der Waals surface area contributed by atoms with Crippen molar-refractivity contribution in [3.8, 4) is 6.07 Å². The minimum atomic E-state index is 0.615. The Morgan fingerprint density at radius 3 is 2.67 bits per heavy atom. The number of hydrogen-bond acceptors (Lipinski definition) is 2. The standard InChI is InChI=1S/C10H9NS/c1-9(7-11)8-12-10-5-3-2-4-6-10/h2-6H,1,8H2. The quantitative estimate of drug-likeness (QED) is 0.521. The number of benzene rings is 1. The molecule has 0 saturated heterocycles. The van der Waals surface area contributed by atoms with E-state index in [9.17, 15) is 0 Å². The fraction of sp³-hybridized carbons (Fsp3) is 0.100. The third-order valence-electron chi connectivity index (χ3n) is 1.31. The van der Waals surface area contributed by atoms with Crippen molar-refractivity contribution in [2.45, 2.75) is 4.90 Å². The summed E-state index contributed by atoms with van der Waals surface area (Å²) in [4.78, 5) is 1.17. The molecular formula is C10H9NS. The SMILES string of the molecule is C=C(C#N)CSc1ccccc1. The van der Waals surface area contributed by atoms with Crippen molar-refractivity contribution in [2.75, 3.05) is 5.75 Å². The zero-order chi connectivity index (χ0) is 8.81. The summed E-state index contributed by atoms with van der Waals surface area (Å²) in [6, 6.07) is 12.0. The highest BCUT2D eigenvalue weighted by Gasteiger charge is 1.93. The molecule has 0 aliphatic heterocycles. The Morgan fingerprint density at radius 2 is 2.08 bits per heavy atom. The fourth-order valence-electron chi connectivity index (χ4n) is 0.719. The van der Waals surface area contributed by atoms with Gasteiger partial charge in [-0.3, -0.25) is 0 Å². The first-order chi connectivity index (χ1) is 5.83. The summed E-state index contributed by atoms with van der Waals surface area (Å²) in [5, 5.41) is 8.45. The lowest BCUT2D eigenvalue weighted by Crippen LogP contribution is -1.80. The van der Waals surface area contributed by atoms with Gasteiger partial charge in [0.25, 0.3) is 0 Å². The first-order valence-corrected chi connectivity index (χ1v) is 4.57. The summed E-state index contributed by atoms with van der Waals surface area (Å²) in [7, 11) is 0. The van der Waals surface area contributed by atoms with E-state index in [0.717, 1.165) is 0 Å². The van der Waals surface area contributed by atoms with Crippen LogP contribution in [0, 0.1) is 11.3 Å². The predicted octanol–water partition coefficient (Wildman–Crippen LogP) is 2.86. The molecule has 0 unspecified atom stereocenters. The normalized spacial score (nSPS) is 8.92. The van der Waals surface area contributed by atoms with E-state index >= 15 is 0 Å². The summed E-state index contributed by atoms with van der Waals surface area (Å²) in [6.07, 6.45) is 0. The van der Waals surface area contributed by atoms with Crippen LogP contribution in [-0.2, 0) is 0 Å². The van der Waals surface area contributed by atoms with Crippen LogP contribution in [0.1, 0.15) is 0 Å². The van der Waals surface area contributed by atoms with Gasteiger partial charge in [0.2, 0.25) is 0 Å². The van der Waals surface area contributed by atoms with Crippen molar-refractivity contribution in [3.63, 3.8) is 0 Å². The fourth-order valence-corrected chi connectivity index (χ4v) is 1.47. The number of nitrogens with zero attached hydrogens (tertiary/aromatic N) is 1. The van der Waals surface area contributed by atoms with Crippen LogP contribution < -0.4 is 0 Å². The molecule has 0 atom stereocenters. The topological polar surface area (TPSA) is 23.8 Å². The lowest BCUT2D eigenvalue weighted by Gasteiger charge is -1.97. The van der Waals surface area contributed by atoms with Gasteiger partial charge in [-0.1, -0.05) is 24.8 Å². The lowest BCUT2D eigenvalue weighted by atomic mass is 10.4. The second-order valence-electron chi connectivity index (χ2n) is 2.32. The molecule has 0 aliphatic carbocycles. The zero-order valence-electron chi connectivity index (χ0n) is 6.66. The molecule has 0 spiro atoms. The van der Waals surface area contributed by atoms with E-state index in [4.69, 9.17) is 5.26 Å². The first-order valence-electron chi connectivity index (χ1n) is 3.58. The Labute approximate surface area is 76.7 Å². The maximum atomic E-state index is 8.45. The maximum Gasteiger partial charge on any atom is 0.0949 e. The van der Waals surface area contributed by atoms with E-state index in [2.05, 4.69) is 6.58 Å². The molecule has 1 aromatic carbocycles. The Bertz CT molecular complexity index is 297. The molecule has 0 N–H and O–H groups in total. The van der Waals surface area contributed by atoms with Crippen molar-refractivity contribution >= 4 is 11.8 Å². The maximum absolute atomic E-state index is 8.45. The van der Waals surface area contributed by atoms with Crippen molar-refractivity contribution in [1.29, 1.82) is 5.26 Å². The Balaban J connectivity index is 2.45. The number of thioether (sulfide) groups is 1. The van der Waals surface area contributed by atoms with Gasteiger partial charge in [0.15, 0.2) is 0 Å². The van der Waals surface area contributed by atoms with Gasteiger partial charge in [0.05, 0.1) is 6.07 Å². The molecular weight excluding hydrogens is 166 g/mol. The molecule has 0 fully saturated rings. The van der Waals surface area contributed by atoms with Crippen molar-refractivity contribution in [3.05, 3.63) is 42.5 Å². The van der Waals surface area contributed by atoms with E-state index in [1.807, 2.05) is 36.4 Å². The zero-order valence-corrected chi connectivity index (χ0v) is 7.47. The second kappa shape index (κ2) is 4.63. The molecule has 12 heavy (non-hydrogen) atoms. The minimum Gasteiger partial charge on any atom is -0.193 e. The number of hydrogen-bond donors (Lipinski definition) is 0. The summed E-state index contributed by atoms with van der Waals surface area (Å²) in [5.74, 6) is 0.681. The van der Waals surface area contributed by atoms with E-state index in [0.29, 0.717) is 11.3 Å². The third-order valence-corrected chi connectivity index (χ3v) is 2.41. The molecule has 2 heteroatoms. The van der Waals surface area contributed by atoms with Gasteiger partial charge >= 0.3 is 0 Å². The van der Waals surface area contributed by atoms with Crippen molar-refractivity contribution < 1.29 is 0 Å². The summed E-state index contributed by atoms with van der Waals surface area (Å²) >= 11 is 1.63. The smallest absolute Gasteiger partial charge is 0.0949 e. The Kier molecular flexibility index (Phi) is 3.43. The van der Waals surface area contributed by atoms with Crippen LogP contribution in [-0.4, -0.2) is 5.75 Å². The van der Waals surface area contributed by atoms with E-state index in [1.165, 1.54) is 4.90 Å². The van der Waals surface area contributed by atoms with E-state index < -0.39 is 0 Å². The molecule has 1 aromatic rings. The highest BCUT2D eigenvalue weighted by molar-refractivity contribution is 7.99. The highest BCUT2D eigenvalue weighted by atomic mass is 32.2. The van der Waals surface area contributed by atoms with Crippen LogP contribution in [0.15, 0.2) is 47.4 Å². The minimum absolute atomic E-state index is 0.615. The highest BCUT2D eigenvalue weighted by Crippen LogP contribution is 2.18. The van der Waals surface area contributed by atoms with Crippen molar-refractivity contribution in [1.82, 2.24) is 0 Å². The van der Waals surface area contributed by atoms with Crippen LogP contribution in [0.4, 0.5) is 0 Å². The second-order valence-corrected chi connectivity index (χ2v) is 3.37. The Hall–Kier alpha value is -1.20. The van der Waals surface area contributed by atoms with Gasteiger partial charge < -0.3 is 0 Å². The summed E-state index contributed by atoms with van der Waals surface area (Å²) in [5.41, 5.74) is 0.615. The molecule has 60 valence electrons. The number of nitriles is 1. The molecule has 1 nitrogen and oxygen atoms in total. The molecule has 0 aromatic heterocycles. The average Bonchev–Trinajstić information content (AvgIpc) is 2.16. The van der Waals surface area contributed by atoms with Gasteiger partial charge in [-0.05, 0) is 12.1 Å². The molecule has 0 radical (unpaired) electrons. The summed E-state index contributed by atoms with van der Waals surface area (Å²) < 4.78 is 0. The van der Waals surface area contributed by atoms with E-state index in [1.54, 1.807) is 11.8 Å². The monoisotopic (exact) mass is 175 g/mol. The molecule has 0 saturated carbocycles. The Morgan fingerprint density at radius 1 is 1.42 bits per heavy atom. The average molecular weight is 175 g/mol. The van der Waals surface area contributed by atoms with Gasteiger partial charge in [-0.25, -0.2) is 0 Å². The molecule has 0 bridgehead atoms. The molecule has 0 aliphatic rings. The van der Waals surface area contributed by atoms with Gasteiger partial charge in [0, 0.05) is 16.2 Å². The van der Waals surface area contributed by atoms with E-state index in [-0.39, 0.29) is 0 Å². The van der Waals surface area contributed by atoms with Crippen LogP contribution in [0.5, 0.6) is 0 Å². The predicted molar refractivity (Wildman–Crippen MR) is 51.9 cm³/mol. The van der Waals surface area contributed by atoms with Gasteiger partial charge in [-0.15, -0.1) is 11.8 Å².